The van der Waals surface area contributed by atoms with E-state index in [0.717, 1.165) is 6.42 Å². The summed E-state index contributed by atoms with van der Waals surface area (Å²) in [6.45, 7) is 1.12. The molecular formula is C12H14ClN3O3. The number of carbonyl (C=O) groups excluding carboxylic acids is 1. The number of benzene rings is 1. The second-order valence-electron chi connectivity index (χ2n) is 4.42. The van der Waals surface area contributed by atoms with Gasteiger partial charge in [0.1, 0.15) is 5.56 Å². The van der Waals surface area contributed by atoms with Gasteiger partial charge in [-0.15, -0.1) is 0 Å². The number of likely N-dealkylation sites (tertiary alicyclic amines) is 1. The van der Waals surface area contributed by atoms with Crippen LogP contribution in [0, 0.1) is 10.1 Å². The van der Waals surface area contributed by atoms with E-state index >= 15 is 0 Å². The number of amides is 1. The van der Waals surface area contributed by atoms with Crippen molar-refractivity contribution in [3.8, 4) is 0 Å². The minimum atomic E-state index is -0.579. The van der Waals surface area contributed by atoms with E-state index in [1.54, 1.807) is 4.90 Å². The largest absolute Gasteiger partial charge is 0.337 e. The fourth-order valence-corrected chi connectivity index (χ4v) is 2.47. The van der Waals surface area contributed by atoms with Gasteiger partial charge in [-0.1, -0.05) is 17.7 Å². The Labute approximate surface area is 115 Å². The third-order valence-corrected chi connectivity index (χ3v) is 3.60. The van der Waals surface area contributed by atoms with Crippen molar-refractivity contribution in [2.75, 3.05) is 20.1 Å². The summed E-state index contributed by atoms with van der Waals surface area (Å²) in [6.07, 6.45) is 0.834. The summed E-state index contributed by atoms with van der Waals surface area (Å²) in [7, 11) is 1.83. The normalized spacial score (nSPS) is 18.6. The molecule has 0 bridgehead atoms. The molecule has 0 radical (unpaired) electrons. The van der Waals surface area contributed by atoms with Crippen molar-refractivity contribution < 1.29 is 9.72 Å². The molecule has 1 aliphatic heterocycles. The van der Waals surface area contributed by atoms with Crippen molar-refractivity contribution >= 4 is 23.2 Å². The number of likely N-dealkylation sites (N-methyl/N-ethyl adjacent to an activating group) is 1. The minimum absolute atomic E-state index is 0.0223. The second-order valence-corrected chi connectivity index (χ2v) is 4.82. The van der Waals surface area contributed by atoms with Crippen LogP contribution in [-0.2, 0) is 0 Å². The van der Waals surface area contributed by atoms with Crippen LogP contribution in [0.25, 0.3) is 0 Å². The maximum atomic E-state index is 12.4. The van der Waals surface area contributed by atoms with Crippen LogP contribution < -0.4 is 5.32 Å². The molecule has 1 saturated heterocycles. The summed E-state index contributed by atoms with van der Waals surface area (Å²) in [6, 6.07) is 4.49. The summed E-state index contributed by atoms with van der Waals surface area (Å²) in [5, 5.41) is 14.2. The first-order valence-electron chi connectivity index (χ1n) is 5.94. The molecule has 1 fully saturated rings. The van der Waals surface area contributed by atoms with Crippen LogP contribution >= 0.6 is 11.6 Å². The van der Waals surface area contributed by atoms with Crippen LogP contribution in [0.15, 0.2) is 18.2 Å². The highest BCUT2D eigenvalue weighted by molar-refractivity contribution is 6.34. The third kappa shape index (κ3) is 2.69. The zero-order chi connectivity index (χ0) is 14.0. The molecule has 1 amide bonds. The molecule has 102 valence electrons. The number of nitro benzene ring substituents is 1. The first-order valence-corrected chi connectivity index (χ1v) is 6.32. The van der Waals surface area contributed by atoms with Gasteiger partial charge in [0.25, 0.3) is 11.6 Å². The monoisotopic (exact) mass is 283 g/mol. The van der Waals surface area contributed by atoms with E-state index in [-0.39, 0.29) is 28.2 Å². The molecule has 0 saturated carbocycles. The summed E-state index contributed by atoms with van der Waals surface area (Å²) < 4.78 is 0. The predicted octanol–water partition coefficient (Wildman–Crippen LogP) is 1.68. The van der Waals surface area contributed by atoms with Crippen LogP contribution in [0.1, 0.15) is 16.8 Å². The van der Waals surface area contributed by atoms with Gasteiger partial charge in [-0.2, -0.15) is 0 Å². The lowest BCUT2D eigenvalue weighted by Crippen LogP contribution is -2.33. The molecule has 6 nitrogen and oxygen atoms in total. The zero-order valence-electron chi connectivity index (χ0n) is 10.4. The van der Waals surface area contributed by atoms with Crippen LogP contribution in [0.3, 0.4) is 0 Å². The van der Waals surface area contributed by atoms with Crippen LogP contribution in [0.2, 0.25) is 5.02 Å². The SMILES string of the molecule is CNC1CCN(C(=O)c2c(Cl)cccc2[N+](=O)[O-])C1. The van der Waals surface area contributed by atoms with Crippen molar-refractivity contribution in [3.63, 3.8) is 0 Å². The molecule has 1 aliphatic rings. The van der Waals surface area contributed by atoms with Crippen LogP contribution in [-0.4, -0.2) is 41.9 Å². The van der Waals surface area contributed by atoms with Gasteiger partial charge in [-0.05, 0) is 19.5 Å². The fourth-order valence-electron chi connectivity index (χ4n) is 2.22. The molecule has 2 rings (SSSR count). The highest BCUT2D eigenvalue weighted by atomic mass is 35.5. The van der Waals surface area contributed by atoms with Gasteiger partial charge in [0.15, 0.2) is 0 Å². The number of halogens is 1. The molecular weight excluding hydrogens is 270 g/mol. The highest BCUT2D eigenvalue weighted by Crippen LogP contribution is 2.28. The summed E-state index contributed by atoms with van der Waals surface area (Å²) >= 11 is 5.95. The first-order chi connectivity index (χ1) is 9.04. The molecule has 0 spiro atoms. The lowest BCUT2D eigenvalue weighted by molar-refractivity contribution is -0.385. The predicted molar refractivity (Wildman–Crippen MR) is 71.5 cm³/mol. The molecule has 1 unspecified atom stereocenters. The van der Waals surface area contributed by atoms with Crippen LogP contribution in [0.5, 0.6) is 0 Å². The van der Waals surface area contributed by atoms with E-state index in [0.29, 0.717) is 13.1 Å². The van der Waals surface area contributed by atoms with E-state index in [9.17, 15) is 14.9 Å². The minimum Gasteiger partial charge on any atom is -0.337 e. The number of nitrogens with one attached hydrogen (secondary N) is 1. The molecule has 1 aromatic rings. The summed E-state index contributed by atoms with van der Waals surface area (Å²) in [5.41, 5.74) is -0.267. The average Bonchev–Trinajstić information content (AvgIpc) is 2.86. The van der Waals surface area contributed by atoms with Gasteiger partial charge in [0, 0.05) is 25.2 Å². The first kappa shape index (κ1) is 13.8. The molecule has 19 heavy (non-hydrogen) atoms. The van der Waals surface area contributed by atoms with Crippen molar-refractivity contribution in [1.82, 2.24) is 10.2 Å². The lowest BCUT2D eigenvalue weighted by Gasteiger charge is -2.17. The standard InChI is InChI=1S/C12H14ClN3O3/c1-14-8-5-6-15(7-8)12(17)11-9(13)3-2-4-10(11)16(18)19/h2-4,8,14H,5-7H2,1H3. The smallest absolute Gasteiger partial charge is 0.283 e. The van der Waals surface area contributed by atoms with Gasteiger partial charge in [0.05, 0.1) is 9.95 Å². The Morgan fingerprint density at radius 2 is 2.32 bits per heavy atom. The van der Waals surface area contributed by atoms with E-state index in [1.807, 2.05) is 7.05 Å². The summed E-state index contributed by atoms with van der Waals surface area (Å²) in [5.74, 6) is -0.380. The lowest BCUT2D eigenvalue weighted by atomic mass is 10.1. The molecule has 1 N–H and O–H groups in total. The van der Waals surface area contributed by atoms with Crippen molar-refractivity contribution in [3.05, 3.63) is 38.9 Å². The van der Waals surface area contributed by atoms with Gasteiger partial charge < -0.3 is 10.2 Å². The van der Waals surface area contributed by atoms with Crippen molar-refractivity contribution in [2.45, 2.75) is 12.5 Å². The Morgan fingerprint density at radius 3 is 2.89 bits per heavy atom. The summed E-state index contributed by atoms with van der Waals surface area (Å²) in [4.78, 5) is 24.4. The molecule has 7 heteroatoms. The number of nitrogens with zero attached hydrogens (tertiary/aromatic N) is 2. The van der Waals surface area contributed by atoms with E-state index in [2.05, 4.69) is 5.32 Å². The Hall–Kier alpha value is -1.66. The maximum absolute atomic E-state index is 12.4. The van der Waals surface area contributed by atoms with Crippen molar-refractivity contribution in [1.29, 1.82) is 0 Å². The van der Waals surface area contributed by atoms with Crippen molar-refractivity contribution in [2.24, 2.45) is 0 Å². The van der Waals surface area contributed by atoms with Gasteiger partial charge >= 0.3 is 0 Å². The van der Waals surface area contributed by atoms with E-state index in [4.69, 9.17) is 11.6 Å². The number of nitro groups is 1. The molecule has 1 heterocycles. The average molecular weight is 284 g/mol. The van der Waals surface area contributed by atoms with E-state index < -0.39 is 4.92 Å². The second kappa shape index (κ2) is 5.54. The van der Waals surface area contributed by atoms with Crippen LogP contribution in [0.4, 0.5) is 5.69 Å². The maximum Gasteiger partial charge on any atom is 0.283 e. The Kier molecular flexibility index (Phi) is 4.01. The number of hydrogen-bond acceptors (Lipinski definition) is 4. The van der Waals surface area contributed by atoms with Gasteiger partial charge in [-0.3, -0.25) is 14.9 Å². The quantitative estimate of drug-likeness (QED) is 0.676. The number of hydrogen-bond donors (Lipinski definition) is 1. The Morgan fingerprint density at radius 1 is 1.58 bits per heavy atom. The molecule has 1 atom stereocenters. The third-order valence-electron chi connectivity index (χ3n) is 3.29. The number of carbonyl (C=O) groups is 1. The number of rotatable bonds is 3. The van der Waals surface area contributed by atoms with E-state index in [1.165, 1.54) is 18.2 Å². The zero-order valence-corrected chi connectivity index (χ0v) is 11.2. The topological polar surface area (TPSA) is 75.5 Å². The molecule has 0 aliphatic carbocycles. The highest BCUT2D eigenvalue weighted by Gasteiger charge is 2.31. The Balaban J connectivity index is 2.31. The van der Waals surface area contributed by atoms with Gasteiger partial charge in [0.2, 0.25) is 0 Å². The molecule has 1 aromatic carbocycles. The molecule has 0 aromatic heterocycles. The van der Waals surface area contributed by atoms with Gasteiger partial charge in [-0.25, -0.2) is 0 Å². The Bertz CT molecular complexity index is 521. The fraction of sp³-hybridized carbons (Fsp3) is 0.417.